The maximum absolute atomic E-state index is 13.4. The van der Waals surface area contributed by atoms with Gasteiger partial charge in [0.2, 0.25) is 5.91 Å². The zero-order valence-electron chi connectivity index (χ0n) is 10.9. The molecule has 0 heterocycles. The van der Waals surface area contributed by atoms with Crippen molar-refractivity contribution >= 4 is 39.5 Å². The van der Waals surface area contributed by atoms with Crippen LogP contribution < -0.4 is 16.4 Å². The second-order valence-electron chi connectivity index (χ2n) is 4.24. The van der Waals surface area contributed by atoms with Gasteiger partial charge in [-0.25, -0.2) is 14.0 Å². The van der Waals surface area contributed by atoms with Crippen LogP contribution in [0.4, 0.5) is 14.9 Å². The molecule has 0 aliphatic rings. The highest BCUT2D eigenvalue weighted by molar-refractivity contribution is 9.10. The number of nitrogens with one attached hydrogen (secondary N) is 2. The van der Waals surface area contributed by atoms with E-state index in [4.69, 9.17) is 10.8 Å². The minimum atomic E-state index is -1.46. The van der Waals surface area contributed by atoms with E-state index in [1.54, 1.807) is 6.92 Å². The van der Waals surface area contributed by atoms with Gasteiger partial charge in [-0.15, -0.1) is 0 Å². The summed E-state index contributed by atoms with van der Waals surface area (Å²) in [6.45, 7) is 1.64. The molecule has 0 aliphatic heterocycles. The Labute approximate surface area is 127 Å². The highest BCUT2D eigenvalue weighted by atomic mass is 79.9. The van der Waals surface area contributed by atoms with Crippen molar-refractivity contribution in [3.63, 3.8) is 0 Å². The maximum Gasteiger partial charge on any atom is 0.326 e. The van der Waals surface area contributed by atoms with Crippen molar-refractivity contribution in [3.05, 3.63) is 28.0 Å². The summed E-state index contributed by atoms with van der Waals surface area (Å²) in [6, 6.07) is 0.211. The molecular formula is C12H13BrFN3O4. The molecule has 0 radical (unpaired) electrons. The van der Waals surface area contributed by atoms with Gasteiger partial charge in [0.05, 0.1) is 10.9 Å². The first-order valence-electron chi connectivity index (χ1n) is 5.75. The first-order chi connectivity index (χ1) is 9.70. The first kappa shape index (κ1) is 16.9. The van der Waals surface area contributed by atoms with Crippen molar-refractivity contribution < 1.29 is 23.9 Å². The number of primary amides is 1. The van der Waals surface area contributed by atoms with Gasteiger partial charge in [-0.1, -0.05) is 0 Å². The lowest BCUT2D eigenvalue weighted by Gasteiger charge is -2.15. The molecule has 114 valence electrons. The van der Waals surface area contributed by atoms with Gasteiger partial charge in [0.1, 0.15) is 11.9 Å². The minimum absolute atomic E-state index is 0.177. The molecule has 7 nitrogen and oxygen atoms in total. The second-order valence-corrected chi connectivity index (χ2v) is 5.10. The molecule has 3 amide bonds. The summed E-state index contributed by atoms with van der Waals surface area (Å²) in [5.41, 5.74) is 5.64. The molecule has 9 heteroatoms. The van der Waals surface area contributed by atoms with Crippen LogP contribution in [0.25, 0.3) is 0 Å². The van der Waals surface area contributed by atoms with Crippen molar-refractivity contribution in [3.8, 4) is 0 Å². The number of urea groups is 1. The zero-order chi connectivity index (χ0) is 16.2. The van der Waals surface area contributed by atoms with E-state index in [1.807, 2.05) is 0 Å². The fourth-order valence-corrected chi connectivity index (χ4v) is 1.96. The van der Waals surface area contributed by atoms with E-state index in [-0.39, 0.29) is 10.2 Å². The summed E-state index contributed by atoms with van der Waals surface area (Å²) in [4.78, 5) is 33.3. The van der Waals surface area contributed by atoms with Crippen LogP contribution in [0.1, 0.15) is 12.0 Å². The fourth-order valence-electron chi connectivity index (χ4n) is 1.50. The van der Waals surface area contributed by atoms with Crippen molar-refractivity contribution in [2.75, 3.05) is 5.32 Å². The number of halogens is 2. The predicted molar refractivity (Wildman–Crippen MR) is 76.2 cm³/mol. The lowest BCUT2D eigenvalue weighted by molar-refractivity contribution is -0.140. The van der Waals surface area contributed by atoms with Crippen LogP contribution in [0.15, 0.2) is 16.6 Å². The Kier molecular flexibility index (Phi) is 5.65. The second kappa shape index (κ2) is 7.02. The highest BCUT2D eigenvalue weighted by Gasteiger charge is 2.22. The average Bonchev–Trinajstić information content (AvgIpc) is 2.34. The molecule has 1 aromatic rings. The van der Waals surface area contributed by atoms with Crippen LogP contribution in [0.5, 0.6) is 0 Å². The number of hydrogen-bond acceptors (Lipinski definition) is 3. The number of carboxylic acids is 1. The summed E-state index contributed by atoms with van der Waals surface area (Å²) in [6.07, 6.45) is -0.545. The van der Waals surface area contributed by atoms with E-state index in [1.165, 1.54) is 6.07 Å². The number of carboxylic acid groups (broad SMARTS) is 1. The van der Waals surface area contributed by atoms with Crippen LogP contribution in [0, 0.1) is 12.7 Å². The molecular weight excluding hydrogens is 349 g/mol. The number of anilines is 1. The number of carbonyl (C=O) groups is 3. The van der Waals surface area contributed by atoms with E-state index >= 15 is 0 Å². The summed E-state index contributed by atoms with van der Waals surface area (Å²) < 4.78 is 13.6. The molecule has 1 aromatic carbocycles. The van der Waals surface area contributed by atoms with Gasteiger partial charge in [0, 0.05) is 5.69 Å². The Hall–Kier alpha value is -2.16. The summed E-state index contributed by atoms with van der Waals surface area (Å²) >= 11 is 3.00. The molecule has 0 saturated carbocycles. The topological polar surface area (TPSA) is 122 Å². The van der Waals surface area contributed by atoms with E-state index in [0.717, 1.165) is 6.07 Å². The van der Waals surface area contributed by atoms with Crippen molar-refractivity contribution in [1.29, 1.82) is 0 Å². The van der Waals surface area contributed by atoms with E-state index in [9.17, 15) is 18.8 Å². The lowest BCUT2D eigenvalue weighted by Crippen LogP contribution is -2.45. The van der Waals surface area contributed by atoms with Crippen LogP contribution in [0.3, 0.4) is 0 Å². The van der Waals surface area contributed by atoms with Crippen LogP contribution >= 0.6 is 15.9 Å². The van der Waals surface area contributed by atoms with Crippen molar-refractivity contribution in [1.82, 2.24) is 5.32 Å². The van der Waals surface area contributed by atoms with Crippen LogP contribution in [0.2, 0.25) is 0 Å². The smallest absolute Gasteiger partial charge is 0.326 e. The van der Waals surface area contributed by atoms with E-state index in [2.05, 4.69) is 26.6 Å². The van der Waals surface area contributed by atoms with Gasteiger partial charge in [0.25, 0.3) is 0 Å². The Morgan fingerprint density at radius 2 is 2.05 bits per heavy atom. The van der Waals surface area contributed by atoms with Gasteiger partial charge in [0.15, 0.2) is 0 Å². The monoisotopic (exact) mass is 361 g/mol. The lowest BCUT2D eigenvalue weighted by atomic mass is 10.2. The molecule has 0 unspecified atom stereocenters. The number of amides is 3. The number of benzene rings is 1. The maximum atomic E-state index is 13.4. The fraction of sp³-hybridized carbons (Fsp3) is 0.250. The predicted octanol–water partition coefficient (Wildman–Crippen LogP) is 1.35. The van der Waals surface area contributed by atoms with Gasteiger partial charge in [-0.05, 0) is 40.5 Å². The third kappa shape index (κ3) is 5.03. The van der Waals surface area contributed by atoms with Crippen molar-refractivity contribution in [2.45, 2.75) is 19.4 Å². The largest absolute Gasteiger partial charge is 0.480 e. The van der Waals surface area contributed by atoms with Crippen molar-refractivity contribution in [2.24, 2.45) is 5.73 Å². The Morgan fingerprint density at radius 3 is 2.57 bits per heavy atom. The van der Waals surface area contributed by atoms with E-state index < -0.39 is 36.2 Å². The normalized spacial score (nSPS) is 11.6. The molecule has 0 fully saturated rings. The molecule has 0 saturated heterocycles. The Bertz CT molecular complexity index is 594. The molecule has 0 spiro atoms. The number of rotatable bonds is 5. The molecule has 5 N–H and O–H groups in total. The van der Waals surface area contributed by atoms with E-state index in [0.29, 0.717) is 5.56 Å². The Balaban J connectivity index is 2.79. The van der Waals surface area contributed by atoms with Gasteiger partial charge in [-0.2, -0.15) is 0 Å². The number of aryl methyl sites for hydroxylation is 1. The number of aliphatic carboxylic acids is 1. The van der Waals surface area contributed by atoms with Gasteiger partial charge < -0.3 is 21.5 Å². The number of hydrogen-bond donors (Lipinski definition) is 4. The third-order valence-electron chi connectivity index (χ3n) is 2.52. The molecule has 1 rings (SSSR count). The molecule has 1 atom stereocenters. The summed E-state index contributed by atoms with van der Waals surface area (Å²) in [5.74, 6) is -2.85. The van der Waals surface area contributed by atoms with Gasteiger partial charge in [-0.3, -0.25) is 4.79 Å². The van der Waals surface area contributed by atoms with Crippen LogP contribution in [-0.2, 0) is 9.59 Å². The number of carbonyl (C=O) groups excluding carboxylic acids is 2. The zero-order valence-corrected chi connectivity index (χ0v) is 12.5. The molecule has 0 aromatic heterocycles. The SMILES string of the molecule is Cc1cc(Br)c(F)cc1NC(=O)N[C@H](CC(N)=O)C(=O)O. The first-order valence-corrected chi connectivity index (χ1v) is 6.54. The Morgan fingerprint density at radius 1 is 1.43 bits per heavy atom. The van der Waals surface area contributed by atoms with Crippen LogP contribution in [-0.4, -0.2) is 29.1 Å². The summed E-state index contributed by atoms with van der Waals surface area (Å²) in [7, 11) is 0. The molecule has 0 aliphatic carbocycles. The highest BCUT2D eigenvalue weighted by Crippen LogP contribution is 2.23. The quantitative estimate of drug-likeness (QED) is 0.632. The molecule has 21 heavy (non-hydrogen) atoms. The minimum Gasteiger partial charge on any atom is -0.480 e. The average molecular weight is 362 g/mol. The van der Waals surface area contributed by atoms with Gasteiger partial charge >= 0.3 is 12.0 Å². The third-order valence-corrected chi connectivity index (χ3v) is 3.13. The standard InChI is InChI=1S/C12H13BrFN3O4/c1-5-2-6(13)7(14)3-8(5)16-12(21)17-9(11(19)20)4-10(15)18/h2-3,9H,4H2,1H3,(H2,15,18)(H,19,20)(H2,16,17,21)/t9-/m1/s1. The summed E-state index contributed by atoms with van der Waals surface area (Å²) in [5, 5.41) is 13.2. The molecule has 0 bridgehead atoms. The number of nitrogens with two attached hydrogens (primary N) is 1.